The van der Waals surface area contributed by atoms with Crippen LogP contribution < -0.4 is 21.3 Å². The van der Waals surface area contributed by atoms with Gasteiger partial charge >= 0.3 is 12.1 Å². The molecule has 10 heteroatoms. The van der Waals surface area contributed by atoms with Crippen molar-refractivity contribution in [2.75, 3.05) is 32.7 Å². The van der Waals surface area contributed by atoms with E-state index in [1.165, 1.54) is 0 Å². The van der Waals surface area contributed by atoms with Crippen molar-refractivity contribution in [2.24, 2.45) is 5.41 Å². The lowest BCUT2D eigenvalue weighted by Gasteiger charge is -2.43. The second kappa shape index (κ2) is 17.0. The lowest BCUT2D eigenvalue weighted by Crippen LogP contribution is -2.59. The Bertz CT molecular complexity index is 1540. The van der Waals surface area contributed by atoms with Gasteiger partial charge in [0.2, 0.25) is 11.8 Å². The van der Waals surface area contributed by atoms with Crippen LogP contribution in [-0.2, 0) is 27.2 Å². The van der Waals surface area contributed by atoms with Crippen molar-refractivity contribution in [1.29, 1.82) is 0 Å². The maximum absolute atomic E-state index is 14.3. The Morgan fingerprint density at radius 3 is 2.25 bits per heavy atom. The smallest absolute Gasteiger partial charge is 0.407 e. The Kier molecular flexibility index (Phi) is 12.8. The summed E-state index contributed by atoms with van der Waals surface area (Å²) < 4.78 is 5.25. The number of nitrogens with zero attached hydrogens (tertiary/aromatic N) is 1. The molecule has 0 aromatic heterocycles. The molecule has 5 amide bonds. The van der Waals surface area contributed by atoms with E-state index < -0.39 is 29.2 Å². The fourth-order valence-corrected chi connectivity index (χ4v) is 6.25. The first-order valence-electron chi connectivity index (χ1n) is 17.1. The lowest BCUT2D eigenvalue weighted by molar-refractivity contribution is -0.142. The number of likely N-dealkylation sites (tertiary alicyclic amines) is 1. The summed E-state index contributed by atoms with van der Waals surface area (Å²) in [6, 6.07) is 22.7. The van der Waals surface area contributed by atoms with E-state index in [9.17, 15) is 19.2 Å². The molecule has 0 spiro atoms. The molecule has 1 fully saturated rings. The molecule has 4 rings (SSSR count). The Labute approximate surface area is 284 Å². The average Bonchev–Trinajstić information content (AvgIpc) is 3.05. The van der Waals surface area contributed by atoms with Crippen LogP contribution in [0.4, 0.5) is 9.59 Å². The van der Waals surface area contributed by atoms with Crippen molar-refractivity contribution < 1.29 is 23.9 Å². The van der Waals surface area contributed by atoms with Gasteiger partial charge in [-0.1, -0.05) is 72.8 Å². The van der Waals surface area contributed by atoms with Crippen LogP contribution in [0.15, 0.2) is 72.8 Å². The lowest BCUT2D eigenvalue weighted by atomic mass is 9.74. The molecule has 2 atom stereocenters. The number of alkyl carbamates (subject to hydrolysis) is 1. The predicted octanol–water partition coefficient (Wildman–Crippen LogP) is 5.34. The van der Waals surface area contributed by atoms with Gasteiger partial charge < -0.3 is 30.9 Å². The van der Waals surface area contributed by atoms with E-state index in [0.717, 1.165) is 21.9 Å². The second-order valence-electron chi connectivity index (χ2n) is 13.6. The number of benzene rings is 3. The number of amides is 5. The van der Waals surface area contributed by atoms with Crippen molar-refractivity contribution in [1.82, 2.24) is 26.2 Å². The number of fused-ring (bicyclic) bond motifs is 1. The van der Waals surface area contributed by atoms with Crippen molar-refractivity contribution in [3.63, 3.8) is 0 Å². The maximum Gasteiger partial charge on any atom is 0.407 e. The molecule has 48 heavy (non-hydrogen) atoms. The van der Waals surface area contributed by atoms with Gasteiger partial charge in [-0.05, 0) is 81.7 Å². The first-order valence-corrected chi connectivity index (χ1v) is 17.1. The summed E-state index contributed by atoms with van der Waals surface area (Å²) in [6.07, 6.45) is 2.99. The third kappa shape index (κ3) is 10.7. The summed E-state index contributed by atoms with van der Waals surface area (Å²) in [5, 5.41) is 13.7. The zero-order valence-electron chi connectivity index (χ0n) is 28.8. The molecule has 0 aliphatic carbocycles. The van der Waals surface area contributed by atoms with Crippen molar-refractivity contribution in [2.45, 2.75) is 77.9 Å². The summed E-state index contributed by atoms with van der Waals surface area (Å²) in [7, 11) is 0. The third-order valence-corrected chi connectivity index (χ3v) is 8.51. The van der Waals surface area contributed by atoms with Crippen molar-refractivity contribution in [3.05, 3.63) is 83.9 Å². The minimum Gasteiger partial charge on any atom is -0.444 e. The van der Waals surface area contributed by atoms with Gasteiger partial charge in [-0.2, -0.15) is 0 Å². The van der Waals surface area contributed by atoms with E-state index >= 15 is 0 Å². The van der Waals surface area contributed by atoms with Gasteiger partial charge in [-0.15, -0.1) is 0 Å². The van der Waals surface area contributed by atoms with Gasteiger partial charge in [0.15, 0.2) is 0 Å². The van der Waals surface area contributed by atoms with Crippen LogP contribution >= 0.6 is 0 Å². The highest BCUT2D eigenvalue weighted by Gasteiger charge is 2.44. The minimum atomic E-state index is -0.832. The SMILES string of the molecule is CCNC(=O)[C@]1(Cc2ccccc2)CCCN(C(=O)C(Cc2ccc3ccccc3c2)NC(=O)NCCCCNC(=O)OC(C)(C)C)C1. The van der Waals surface area contributed by atoms with Crippen molar-refractivity contribution in [3.8, 4) is 0 Å². The van der Waals surface area contributed by atoms with Gasteiger partial charge in [-0.3, -0.25) is 9.59 Å². The maximum atomic E-state index is 14.3. The first-order chi connectivity index (χ1) is 23.0. The Hall–Kier alpha value is -4.60. The molecule has 10 nitrogen and oxygen atoms in total. The number of rotatable bonds is 13. The molecule has 0 saturated carbocycles. The summed E-state index contributed by atoms with van der Waals surface area (Å²) in [5.74, 6) is -0.259. The average molecular weight is 658 g/mol. The van der Waals surface area contributed by atoms with Gasteiger partial charge in [0.25, 0.3) is 0 Å². The Morgan fingerprint density at radius 1 is 0.854 bits per heavy atom. The molecular weight excluding hydrogens is 606 g/mol. The number of piperidine rings is 1. The number of hydrogen-bond donors (Lipinski definition) is 4. The highest BCUT2D eigenvalue weighted by Crippen LogP contribution is 2.35. The van der Waals surface area contributed by atoms with E-state index in [2.05, 4.69) is 27.3 Å². The third-order valence-electron chi connectivity index (χ3n) is 8.51. The number of ether oxygens (including phenoxy) is 1. The highest BCUT2D eigenvalue weighted by atomic mass is 16.6. The molecular formula is C38H51N5O5. The molecule has 1 saturated heterocycles. The zero-order valence-corrected chi connectivity index (χ0v) is 28.8. The molecule has 1 aliphatic heterocycles. The monoisotopic (exact) mass is 657 g/mol. The summed E-state index contributed by atoms with van der Waals surface area (Å²) >= 11 is 0. The quantitative estimate of drug-likeness (QED) is 0.185. The largest absolute Gasteiger partial charge is 0.444 e. The summed E-state index contributed by atoms with van der Waals surface area (Å²) in [6.45, 7) is 9.42. The summed E-state index contributed by atoms with van der Waals surface area (Å²) in [4.78, 5) is 54.7. The molecule has 3 aromatic rings. The number of nitrogens with one attached hydrogen (secondary N) is 4. The number of urea groups is 1. The zero-order chi connectivity index (χ0) is 34.6. The Morgan fingerprint density at radius 2 is 1.54 bits per heavy atom. The van der Waals surface area contributed by atoms with Gasteiger partial charge in [0, 0.05) is 39.1 Å². The molecule has 4 N–H and O–H groups in total. The number of hydrogen-bond acceptors (Lipinski definition) is 5. The molecule has 258 valence electrons. The van der Waals surface area contributed by atoms with E-state index in [0.29, 0.717) is 64.7 Å². The molecule has 3 aromatic carbocycles. The van der Waals surface area contributed by atoms with Gasteiger partial charge in [0.05, 0.1) is 5.41 Å². The molecule has 0 bridgehead atoms. The van der Waals surface area contributed by atoms with Crippen LogP contribution in [0.25, 0.3) is 10.8 Å². The summed E-state index contributed by atoms with van der Waals surface area (Å²) in [5.41, 5.74) is 0.639. The fourth-order valence-electron chi connectivity index (χ4n) is 6.25. The van der Waals surface area contributed by atoms with Crippen molar-refractivity contribution >= 4 is 34.7 Å². The van der Waals surface area contributed by atoms with E-state index in [-0.39, 0.29) is 18.4 Å². The first kappa shape index (κ1) is 36.2. The molecule has 0 radical (unpaired) electrons. The van der Waals surface area contributed by atoms with Crippen LogP contribution in [0.2, 0.25) is 0 Å². The van der Waals surface area contributed by atoms with E-state index in [4.69, 9.17) is 4.74 Å². The van der Waals surface area contributed by atoms with Gasteiger partial charge in [-0.25, -0.2) is 9.59 Å². The van der Waals surface area contributed by atoms with Crippen LogP contribution in [0, 0.1) is 5.41 Å². The number of unbranched alkanes of at least 4 members (excludes halogenated alkanes) is 1. The van der Waals surface area contributed by atoms with Crippen LogP contribution in [-0.4, -0.2) is 73.2 Å². The molecule has 1 unspecified atom stereocenters. The topological polar surface area (TPSA) is 129 Å². The molecule has 1 heterocycles. The standard InChI is InChI=1S/C38H51N5O5/c1-5-39-34(45)38(26-28-14-7-6-8-15-28)20-13-23-43(27-38)33(44)32(25-29-18-19-30-16-9-10-17-31(30)24-29)42-35(46)40-21-11-12-22-41-36(47)48-37(2,3)4/h6-10,14-19,24,32H,5,11-13,20-23,25-27H2,1-4H3,(H,39,45)(H,41,47)(H2,40,42,46)/t32?,38-/m0/s1. The fraction of sp³-hybridized carbons (Fsp3) is 0.474. The Balaban J connectivity index is 1.45. The number of carbonyl (C=O) groups is 4. The van der Waals surface area contributed by atoms with E-state index in [1.54, 1.807) is 4.90 Å². The van der Waals surface area contributed by atoms with Crippen LogP contribution in [0.1, 0.15) is 64.5 Å². The number of carbonyl (C=O) groups excluding carboxylic acids is 4. The van der Waals surface area contributed by atoms with Crippen LogP contribution in [0.3, 0.4) is 0 Å². The van der Waals surface area contributed by atoms with Crippen LogP contribution in [0.5, 0.6) is 0 Å². The highest BCUT2D eigenvalue weighted by molar-refractivity contribution is 5.90. The molecule has 1 aliphatic rings. The van der Waals surface area contributed by atoms with Gasteiger partial charge in [0.1, 0.15) is 11.6 Å². The predicted molar refractivity (Wildman–Crippen MR) is 189 cm³/mol. The minimum absolute atomic E-state index is 0.0516. The normalized spacial score (nSPS) is 16.9. The van der Waals surface area contributed by atoms with E-state index in [1.807, 2.05) is 94.4 Å². The second-order valence-corrected chi connectivity index (χ2v) is 13.6.